The van der Waals surface area contributed by atoms with Crippen LogP contribution in [0.25, 0.3) is 0 Å². The van der Waals surface area contributed by atoms with Crippen molar-refractivity contribution in [2.75, 3.05) is 0 Å². The standard InChI is InChI=1S/C21H29NO/c1-4-21(23)10-8-18-19-13(2)11-14-12-15(22)5-6-16(14)17(19)7-9-20(18,21)3/h1,12-13,16-19,22-23H,5-11H2,2-3H3/t13-,16+,17+,18-,19-,20+,21+/m1/s1. The van der Waals surface area contributed by atoms with Crippen molar-refractivity contribution >= 4 is 5.71 Å². The van der Waals surface area contributed by atoms with E-state index in [1.165, 1.54) is 12.8 Å². The molecule has 0 aromatic heterocycles. The molecule has 0 aromatic carbocycles. The van der Waals surface area contributed by atoms with Crippen molar-refractivity contribution in [2.24, 2.45) is 35.0 Å². The molecule has 4 aliphatic carbocycles. The van der Waals surface area contributed by atoms with E-state index in [4.69, 9.17) is 11.8 Å². The smallest absolute Gasteiger partial charge is 0.130 e. The molecule has 3 fully saturated rings. The summed E-state index contributed by atoms with van der Waals surface area (Å²) in [5, 5.41) is 19.0. The summed E-state index contributed by atoms with van der Waals surface area (Å²) >= 11 is 0. The third kappa shape index (κ3) is 1.96. The summed E-state index contributed by atoms with van der Waals surface area (Å²) in [5.41, 5.74) is 1.38. The van der Waals surface area contributed by atoms with E-state index in [-0.39, 0.29) is 5.41 Å². The van der Waals surface area contributed by atoms with Crippen LogP contribution in [0.5, 0.6) is 0 Å². The Morgan fingerprint density at radius 2 is 2.09 bits per heavy atom. The van der Waals surface area contributed by atoms with Crippen molar-refractivity contribution in [2.45, 2.75) is 64.4 Å². The maximum atomic E-state index is 11.0. The van der Waals surface area contributed by atoms with Crippen molar-refractivity contribution in [3.8, 4) is 12.3 Å². The number of fused-ring (bicyclic) bond motifs is 5. The van der Waals surface area contributed by atoms with Crippen LogP contribution in [0, 0.1) is 52.8 Å². The highest BCUT2D eigenvalue weighted by molar-refractivity contribution is 5.93. The van der Waals surface area contributed by atoms with Gasteiger partial charge in [0.15, 0.2) is 0 Å². The first-order valence-corrected chi connectivity index (χ1v) is 9.37. The van der Waals surface area contributed by atoms with E-state index in [1.54, 1.807) is 5.57 Å². The second-order valence-corrected chi connectivity index (χ2v) is 8.92. The molecule has 0 radical (unpaired) electrons. The van der Waals surface area contributed by atoms with Gasteiger partial charge >= 0.3 is 0 Å². The van der Waals surface area contributed by atoms with Gasteiger partial charge in [-0.25, -0.2) is 0 Å². The lowest BCUT2D eigenvalue weighted by Gasteiger charge is -2.56. The summed E-state index contributed by atoms with van der Waals surface area (Å²) in [7, 11) is 0. The molecule has 4 aliphatic rings. The first-order chi connectivity index (χ1) is 10.9. The number of hydrogen-bond acceptors (Lipinski definition) is 2. The summed E-state index contributed by atoms with van der Waals surface area (Å²) in [6, 6.07) is 0. The molecule has 0 amide bonds. The molecular weight excluding hydrogens is 282 g/mol. The summed E-state index contributed by atoms with van der Waals surface area (Å²) in [4.78, 5) is 0. The van der Waals surface area contributed by atoms with E-state index in [0.717, 1.165) is 43.7 Å². The Hall–Kier alpha value is -1.07. The molecule has 0 spiro atoms. The molecule has 124 valence electrons. The highest BCUT2D eigenvalue weighted by Gasteiger charge is 2.62. The number of terminal acetylenes is 1. The predicted molar refractivity (Wildman–Crippen MR) is 93.1 cm³/mol. The Morgan fingerprint density at radius 1 is 1.30 bits per heavy atom. The zero-order valence-electron chi connectivity index (χ0n) is 14.4. The van der Waals surface area contributed by atoms with Crippen LogP contribution in [0.15, 0.2) is 11.6 Å². The van der Waals surface area contributed by atoms with Gasteiger partial charge in [-0.05, 0) is 80.6 Å². The zero-order chi connectivity index (χ0) is 16.4. The number of aliphatic hydroxyl groups is 1. The maximum Gasteiger partial charge on any atom is 0.130 e. The largest absolute Gasteiger partial charge is 0.377 e. The van der Waals surface area contributed by atoms with Gasteiger partial charge in [0.1, 0.15) is 5.60 Å². The molecule has 23 heavy (non-hydrogen) atoms. The Kier molecular flexibility index (Phi) is 3.34. The average molecular weight is 311 g/mol. The number of rotatable bonds is 0. The molecule has 2 nitrogen and oxygen atoms in total. The SMILES string of the molecule is C#C[C@]1(O)CC[C@@H]2[C@H]3[C@@H](CC[C@@]21C)[C@H]1CCC(=N)C=C1C[C@H]3C. The van der Waals surface area contributed by atoms with Gasteiger partial charge in [-0.15, -0.1) is 6.42 Å². The Bertz CT molecular complexity index is 614. The van der Waals surface area contributed by atoms with Gasteiger partial charge in [0, 0.05) is 11.1 Å². The summed E-state index contributed by atoms with van der Waals surface area (Å²) in [6.45, 7) is 4.65. The normalized spacial score (nSPS) is 52.0. The second kappa shape index (κ2) is 4.96. The molecule has 7 atom stereocenters. The minimum Gasteiger partial charge on any atom is -0.377 e. The fourth-order valence-corrected chi connectivity index (χ4v) is 6.87. The van der Waals surface area contributed by atoms with E-state index >= 15 is 0 Å². The van der Waals surface area contributed by atoms with Crippen molar-refractivity contribution < 1.29 is 5.11 Å². The molecule has 0 aromatic rings. The van der Waals surface area contributed by atoms with Crippen LogP contribution in [0.4, 0.5) is 0 Å². The summed E-state index contributed by atoms with van der Waals surface area (Å²) in [6.07, 6.45) is 15.3. The monoisotopic (exact) mass is 311 g/mol. The van der Waals surface area contributed by atoms with E-state index in [2.05, 4.69) is 25.8 Å². The van der Waals surface area contributed by atoms with Gasteiger partial charge in [0.25, 0.3) is 0 Å². The maximum absolute atomic E-state index is 11.0. The highest BCUT2D eigenvalue weighted by Crippen LogP contribution is 2.65. The van der Waals surface area contributed by atoms with Crippen LogP contribution in [0.2, 0.25) is 0 Å². The first-order valence-electron chi connectivity index (χ1n) is 9.37. The fraction of sp³-hybridized carbons (Fsp3) is 0.762. The minimum atomic E-state index is -0.896. The lowest BCUT2D eigenvalue weighted by molar-refractivity contribution is -0.0975. The quantitative estimate of drug-likeness (QED) is 0.647. The van der Waals surface area contributed by atoms with Crippen LogP contribution in [0.1, 0.15) is 58.8 Å². The molecule has 0 heterocycles. The highest BCUT2D eigenvalue weighted by atomic mass is 16.3. The van der Waals surface area contributed by atoms with Crippen LogP contribution >= 0.6 is 0 Å². The van der Waals surface area contributed by atoms with Crippen LogP contribution < -0.4 is 0 Å². The Morgan fingerprint density at radius 3 is 2.83 bits per heavy atom. The third-order valence-electron chi connectivity index (χ3n) is 8.07. The van der Waals surface area contributed by atoms with E-state index in [1.807, 2.05) is 0 Å². The van der Waals surface area contributed by atoms with E-state index < -0.39 is 5.60 Å². The van der Waals surface area contributed by atoms with Gasteiger partial charge in [-0.1, -0.05) is 25.3 Å². The molecule has 3 saturated carbocycles. The van der Waals surface area contributed by atoms with Crippen molar-refractivity contribution in [3.05, 3.63) is 11.6 Å². The first kappa shape index (κ1) is 15.5. The average Bonchev–Trinajstić information content (AvgIpc) is 2.79. The second-order valence-electron chi connectivity index (χ2n) is 8.92. The molecular formula is C21H29NO. The van der Waals surface area contributed by atoms with Crippen LogP contribution in [-0.2, 0) is 0 Å². The molecule has 2 heteroatoms. The molecule has 0 unspecified atom stereocenters. The van der Waals surface area contributed by atoms with Crippen molar-refractivity contribution in [1.29, 1.82) is 5.41 Å². The summed E-state index contributed by atoms with van der Waals surface area (Å²) in [5.74, 6) is 6.12. The van der Waals surface area contributed by atoms with E-state index in [0.29, 0.717) is 23.7 Å². The fourth-order valence-electron chi connectivity index (χ4n) is 6.87. The number of hydrogen-bond donors (Lipinski definition) is 2. The molecule has 2 N–H and O–H groups in total. The lowest BCUT2D eigenvalue weighted by atomic mass is 9.48. The Labute approximate surface area is 140 Å². The number of nitrogens with one attached hydrogen (secondary N) is 1. The Balaban J connectivity index is 1.70. The zero-order valence-corrected chi connectivity index (χ0v) is 14.4. The third-order valence-corrected chi connectivity index (χ3v) is 8.07. The summed E-state index contributed by atoms with van der Waals surface area (Å²) < 4.78 is 0. The van der Waals surface area contributed by atoms with Gasteiger partial charge in [0.05, 0.1) is 0 Å². The van der Waals surface area contributed by atoms with Gasteiger partial charge < -0.3 is 10.5 Å². The van der Waals surface area contributed by atoms with Crippen LogP contribution in [0.3, 0.4) is 0 Å². The molecule has 4 rings (SSSR count). The molecule has 0 aliphatic heterocycles. The van der Waals surface area contributed by atoms with Crippen molar-refractivity contribution in [1.82, 2.24) is 0 Å². The molecule has 0 bridgehead atoms. The molecule has 0 saturated heterocycles. The van der Waals surface area contributed by atoms with Crippen molar-refractivity contribution in [3.63, 3.8) is 0 Å². The van der Waals surface area contributed by atoms with Gasteiger partial charge in [-0.2, -0.15) is 0 Å². The predicted octanol–water partition coefficient (Wildman–Crippen LogP) is 4.19. The number of allylic oxidation sites excluding steroid dienone is 2. The van der Waals surface area contributed by atoms with E-state index in [9.17, 15) is 5.11 Å². The van der Waals surface area contributed by atoms with Gasteiger partial charge in [-0.3, -0.25) is 0 Å². The topological polar surface area (TPSA) is 44.1 Å². The van der Waals surface area contributed by atoms with Crippen LogP contribution in [-0.4, -0.2) is 16.4 Å². The lowest BCUT2D eigenvalue weighted by Crippen LogP contribution is -2.53. The van der Waals surface area contributed by atoms with Gasteiger partial charge in [0.2, 0.25) is 0 Å². The minimum absolute atomic E-state index is 0.0975.